The molecule has 0 aliphatic carbocycles. The van der Waals surface area contributed by atoms with Crippen LogP contribution >= 0.6 is 22.9 Å². The Morgan fingerprint density at radius 2 is 1.74 bits per heavy atom. The van der Waals surface area contributed by atoms with E-state index in [1.165, 1.54) is 6.07 Å². The maximum absolute atomic E-state index is 13.0. The van der Waals surface area contributed by atoms with Crippen LogP contribution in [0.5, 0.6) is 0 Å². The molecule has 0 saturated heterocycles. The summed E-state index contributed by atoms with van der Waals surface area (Å²) in [4.78, 5) is 12.6. The molecule has 0 aliphatic rings. The molecule has 31 heavy (non-hydrogen) atoms. The molecular weight excluding hydrogens is 452 g/mol. The lowest BCUT2D eigenvalue weighted by Crippen LogP contribution is -2.15. The van der Waals surface area contributed by atoms with Crippen LogP contribution in [0, 0.1) is 0 Å². The number of anilines is 1. The number of benzene rings is 3. The number of thiazole rings is 1. The zero-order valence-electron chi connectivity index (χ0n) is 17.0. The summed E-state index contributed by atoms with van der Waals surface area (Å²) in [6.07, 6.45) is 0. The topological polar surface area (TPSA) is 68.2 Å². The molecule has 0 amide bonds. The predicted molar refractivity (Wildman–Crippen MR) is 128 cm³/mol. The van der Waals surface area contributed by atoms with E-state index >= 15 is 0 Å². The average molecular weight is 473 g/mol. The van der Waals surface area contributed by atoms with Crippen LogP contribution in [-0.2, 0) is 16.6 Å². The molecule has 8 heteroatoms. The normalized spacial score (nSPS) is 11.9. The summed E-state index contributed by atoms with van der Waals surface area (Å²) in [6, 6.07) is 19.4. The zero-order valence-corrected chi connectivity index (χ0v) is 19.4. The second kappa shape index (κ2) is 8.49. The van der Waals surface area contributed by atoms with Crippen molar-refractivity contribution < 1.29 is 8.42 Å². The number of nitrogens with one attached hydrogen (secondary N) is 1. The summed E-state index contributed by atoms with van der Waals surface area (Å²) in [6.45, 7) is 4.35. The van der Waals surface area contributed by atoms with Crippen molar-refractivity contribution in [2.45, 2.75) is 31.2 Å². The van der Waals surface area contributed by atoms with Gasteiger partial charge in [0.1, 0.15) is 0 Å². The van der Waals surface area contributed by atoms with E-state index in [2.05, 4.69) is 4.72 Å². The van der Waals surface area contributed by atoms with Gasteiger partial charge in [0.15, 0.2) is 0 Å². The van der Waals surface area contributed by atoms with Gasteiger partial charge in [-0.15, -0.1) is 0 Å². The maximum Gasteiger partial charge on any atom is 0.308 e. The van der Waals surface area contributed by atoms with E-state index in [9.17, 15) is 13.2 Å². The van der Waals surface area contributed by atoms with Crippen molar-refractivity contribution in [3.63, 3.8) is 0 Å². The first kappa shape index (κ1) is 21.6. The van der Waals surface area contributed by atoms with Crippen LogP contribution < -0.4 is 9.60 Å². The minimum Gasteiger partial charge on any atom is -0.294 e. The molecule has 0 spiro atoms. The molecule has 1 heterocycles. The lowest BCUT2D eigenvalue weighted by Gasteiger charge is -2.15. The van der Waals surface area contributed by atoms with E-state index < -0.39 is 10.0 Å². The van der Waals surface area contributed by atoms with Crippen LogP contribution in [0.15, 0.2) is 76.4 Å². The number of para-hydroxylation sites is 1. The molecule has 5 nitrogen and oxygen atoms in total. The highest BCUT2D eigenvalue weighted by atomic mass is 35.5. The number of sulfonamides is 1. The summed E-state index contributed by atoms with van der Waals surface area (Å²) < 4.78 is 31.0. The highest BCUT2D eigenvalue weighted by molar-refractivity contribution is 7.92. The average Bonchev–Trinajstić information content (AvgIpc) is 3.04. The Bertz CT molecular complexity index is 1420. The van der Waals surface area contributed by atoms with Crippen LogP contribution in [0.3, 0.4) is 0 Å². The Kier molecular flexibility index (Phi) is 5.92. The molecule has 0 aliphatic heterocycles. The number of fused-ring (bicyclic) bond motifs is 1. The van der Waals surface area contributed by atoms with Crippen molar-refractivity contribution in [1.29, 1.82) is 0 Å². The highest BCUT2D eigenvalue weighted by Gasteiger charge is 2.19. The van der Waals surface area contributed by atoms with Gasteiger partial charge in [0.05, 0.1) is 27.3 Å². The van der Waals surface area contributed by atoms with Crippen molar-refractivity contribution >= 4 is 48.9 Å². The SMILES string of the molecule is CC(C)c1ccccc1NS(=O)(=O)c1ccc2c(c1)sc(=O)n2Cc1ccccc1Cl. The number of hydrogen-bond donors (Lipinski definition) is 1. The highest BCUT2D eigenvalue weighted by Crippen LogP contribution is 2.28. The predicted octanol–water partition coefficient (Wildman–Crippen LogP) is 5.69. The third-order valence-corrected chi connectivity index (χ3v) is 7.74. The quantitative estimate of drug-likeness (QED) is 0.392. The van der Waals surface area contributed by atoms with Gasteiger partial charge >= 0.3 is 4.87 Å². The van der Waals surface area contributed by atoms with E-state index in [-0.39, 0.29) is 15.7 Å². The van der Waals surface area contributed by atoms with Gasteiger partial charge in [-0.05, 0) is 47.4 Å². The lowest BCUT2D eigenvalue weighted by atomic mass is 10.0. The fourth-order valence-corrected chi connectivity index (χ4v) is 5.77. The van der Waals surface area contributed by atoms with Gasteiger partial charge in [-0.1, -0.05) is 73.2 Å². The van der Waals surface area contributed by atoms with Gasteiger partial charge in [0.25, 0.3) is 10.0 Å². The summed E-state index contributed by atoms with van der Waals surface area (Å²) in [5.74, 6) is 0.172. The molecule has 160 valence electrons. The van der Waals surface area contributed by atoms with Gasteiger partial charge in [0.2, 0.25) is 0 Å². The molecule has 4 rings (SSSR count). The minimum absolute atomic E-state index is 0.115. The Hall–Kier alpha value is -2.61. The van der Waals surface area contributed by atoms with Crippen LogP contribution in [0.25, 0.3) is 10.2 Å². The summed E-state index contributed by atoms with van der Waals surface area (Å²) >= 11 is 7.26. The molecule has 4 aromatic rings. The standard InChI is InChI=1S/C23H21ClN2O3S2/c1-15(2)18-8-4-6-10-20(18)25-31(28,29)17-11-12-21-22(13-17)30-23(27)26(21)14-16-7-3-5-9-19(16)24/h3-13,15,25H,14H2,1-2H3. The molecule has 1 N–H and O–H groups in total. The summed E-state index contributed by atoms with van der Waals surface area (Å²) in [5, 5.41) is 0.584. The fourth-order valence-electron chi connectivity index (χ4n) is 3.46. The molecule has 0 radical (unpaired) electrons. The molecule has 0 bridgehead atoms. The number of hydrogen-bond acceptors (Lipinski definition) is 4. The van der Waals surface area contributed by atoms with E-state index in [0.717, 1.165) is 22.5 Å². The molecule has 0 atom stereocenters. The van der Waals surface area contributed by atoms with Gasteiger partial charge in [0, 0.05) is 5.02 Å². The molecule has 0 unspecified atom stereocenters. The summed E-state index contributed by atoms with van der Waals surface area (Å²) in [7, 11) is -3.81. The van der Waals surface area contributed by atoms with Crippen molar-refractivity contribution in [3.8, 4) is 0 Å². The zero-order chi connectivity index (χ0) is 22.2. The maximum atomic E-state index is 13.0. The van der Waals surface area contributed by atoms with Gasteiger partial charge in [-0.3, -0.25) is 14.1 Å². The summed E-state index contributed by atoms with van der Waals surface area (Å²) in [5.41, 5.74) is 2.98. The van der Waals surface area contributed by atoms with Gasteiger partial charge in [-0.25, -0.2) is 8.42 Å². The Morgan fingerprint density at radius 3 is 2.48 bits per heavy atom. The van der Waals surface area contributed by atoms with Crippen molar-refractivity contribution in [1.82, 2.24) is 4.57 Å². The van der Waals surface area contributed by atoms with Crippen molar-refractivity contribution in [3.05, 3.63) is 92.5 Å². The van der Waals surface area contributed by atoms with Crippen LogP contribution in [0.1, 0.15) is 30.9 Å². The van der Waals surface area contributed by atoms with Gasteiger partial charge < -0.3 is 0 Å². The first-order valence-corrected chi connectivity index (χ1v) is 12.4. The lowest BCUT2D eigenvalue weighted by molar-refractivity contribution is 0.601. The van der Waals surface area contributed by atoms with Crippen molar-refractivity contribution in [2.24, 2.45) is 0 Å². The fraction of sp³-hybridized carbons (Fsp3) is 0.174. The van der Waals surface area contributed by atoms with Crippen LogP contribution in [-0.4, -0.2) is 13.0 Å². The number of rotatable bonds is 6. The number of nitrogens with zero attached hydrogens (tertiary/aromatic N) is 1. The smallest absolute Gasteiger partial charge is 0.294 e. The second-order valence-corrected chi connectivity index (χ2v) is 10.6. The Labute approximate surface area is 190 Å². The third kappa shape index (κ3) is 4.39. The Balaban J connectivity index is 1.70. The molecule has 3 aromatic carbocycles. The van der Waals surface area contributed by atoms with E-state index in [0.29, 0.717) is 27.5 Å². The first-order chi connectivity index (χ1) is 14.8. The molecule has 0 fully saturated rings. The monoisotopic (exact) mass is 472 g/mol. The molecule has 1 aromatic heterocycles. The van der Waals surface area contributed by atoms with E-state index in [1.54, 1.807) is 34.9 Å². The van der Waals surface area contributed by atoms with Crippen molar-refractivity contribution in [2.75, 3.05) is 4.72 Å². The van der Waals surface area contributed by atoms with Crippen LogP contribution in [0.2, 0.25) is 5.02 Å². The minimum atomic E-state index is -3.81. The van der Waals surface area contributed by atoms with Gasteiger partial charge in [-0.2, -0.15) is 0 Å². The third-order valence-electron chi connectivity index (χ3n) is 5.06. The largest absolute Gasteiger partial charge is 0.308 e. The van der Waals surface area contributed by atoms with E-state index in [4.69, 9.17) is 11.6 Å². The number of aromatic nitrogens is 1. The number of halogens is 1. The second-order valence-electron chi connectivity index (χ2n) is 7.52. The van der Waals surface area contributed by atoms with Crippen LogP contribution in [0.4, 0.5) is 5.69 Å². The van der Waals surface area contributed by atoms with E-state index in [1.807, 2.05) is 44.2 Å². The Morgan fingerprint density at radius 1 is 1.03 bits per heavy atom. The molecule has 0 saturated carbocycles. The molecular formula is C23H21ClN2O3S2. The first-order valence-electron chi connectivity index (χ1n) is 9.75.